The normalized spacial score (nSPS) is 12.0. The average molecular weight is 292 g/mol. The molecule has 0 aliphatic heterocycles. The molecule has 0 aromatic heterocycles. The Kier molecular flexibility index (Phi) is 6.88. The molecule has 0 aliphatic rings. The van der Waals surface area contributed by atoms with Gasteiger partial charge in [0.25, 0.3) is 0 Å². The minimum atomic E-state index is -0.395. The number of carbonyl (C=O) groups is 2. The molecule has 0 radical (unpaired) electrons. The van der Waals surface area contributed by atoms with Crippen molar-refractivity contribution in [2.24, 2.45) is 17.6 Å². The number of hydrogen-bond acceptors (Lipinski definition) is 4. The Bertz CT molecular complexity index is 469. The topological polar surface area (TPSA) is 81.4 Å². The monoisotopic (exact) mass is 292 g/mol. The van der Waals surface area contributed by atoms with Gasteiger partial charge in [0.2, 0.25) is 5.91 Å². The molecule has 5 nitrogen and oxygen atoms in total. The van der Waals surface area contributed by atoms with Crippen LogP contribution in [0.4, 0.5) is 5.69 Å². The van der Waals surface area contributed by atoms with Crippen molar-refractivity contribution in [3.05, 3.63) is 29.8 Å². The Morgan fingerprint density at radius 2 is 1.86 bits per heavy atom. The Morgan fingerprint density at radius 1 is 1.24 bits per heavy atom. The third-order valence-corrected chi connectivity index (χ3v) is 3.20. The van der Waals surface area contributed by atoms with Gasteiger partial charge in [0.15, 0.2) is 0 Å². The number of amides is 1. The lowest BCUT2D eigenvalue weighted by Crippen LogP contribution is -2.23. The number of anilines is 1. The van der Waals surface area contributed by atoms with E-state index in [2.05, 4.69) is 23.9 Å². The quantitative estimate of drug-likeness (QED) is 0.756. The molecular formula is C16H24N2O3. The van der Waals surface area contributed by atoms with Crippen molar-refractivity contribution in [1.82, 2.24) is 0 Å². The molecule has 0 fully saturated rings. The van der Waals surface area contributed by atoms with Crippen LogP contribution in [0.15, 0.2) is 24.3 Å². The summed E-state index contributed by atoms with van der Waals surface area (Å²) >= 11 is 0. The summed E-state index contributed by atoms with van der Waals surface area (Å²) < 4.78 is 4.62. The van der Waals surface area contributed by atoms with E-state index < -0.39 is 5.97 Å². The fourth-order valence-electron chi connectivity index (χ4n) is 2.21. The molecule has 21 heavy (non-hydrogen) atoms. The summed E-state index contributed by atoms with van der Waals surface area (Å²) in [5, 5.41) is 2.82. The van der Waals surface area contributed by atoms with Gasteiger partial charge >= 0.3 is 5.97 Å². The maximum absolute atomic E-state index is 12.0. The molecule has 1 aromatic carbocycles. The molecule has 0 bridgehead atoms. The van der Waals surface area contributed by atoms with Crippen molar-refractivity contribution in [1.29, 1.82) is 0 Å². The van der Waals surface area contributed by atoms with Crippen LogP contribution >= 0.6 is 0 Å². The molecule has 1 rings (SSSR count). The van der Waals surface area contributed by atoms with Gasteiger partial charge in [0.05, 0.1) is 12.7 Å². The van der Waals surface area contributed by atoms with Gasteiger partial charge in [0, 0.05) is 12.1 Å². The summed E-state index contributed by atoms with van der Waals surface area (Å²) in [6.45, 7) is 4.74. The molecule has 1 aromatic rings. The number of benzene rings is 1. The minimum absolute atomic E-state index is 0.0584. The van der Waals surface area contributed by atoms with E-state index in [0.29, 0.717) is 30.1 Å². The standard InChI is InChI=1S/C16H24N2O3/c1-11(2)8-12(10-17)9-15(19)18-14-6-4-13(5-7-14)16(20)21-3/h4-7,11-12H,8-10,17H2,1-3H3,(H,18,19)/t12-/m0/s1. The van der Waals surface area contributed by atoms with E-state index in [1.165, 1.54) is 7.11 Å². The predicted octanol–water partition coefficient (Wildman–Crippen LogP) is 2.42. The summed E-state index contributed by atoms with van der Waals surface area (Å²) in [5.41, 5.74) is 6.81. The van der Waals surface area contributed by atoms with Crippen molar-refractivity contribution < 1.29 is 14.3 Å². The van der Waals surface area contributed by atoms with E-state index in [4.69, 9.17) is 5.73 Å². The molecule has 116 valence electrons. The Morgan fingerprint density at radius 3 is 2.33 bits per heavy atom. The second-order valence-corrected chi connectivity index (χ2v) is 5.55. The van der Waals surface area contributed by atoms with E-state index in [1.807, 2.05) is 0 Å². The molecule has 0 saturated carbocycles. The second-order valence-electron chi connectivity index (χ2n) is 5.55. The molecule has 0 unspecified atom stereocenters. The van der Waals surface area contributed by atoms with Gasteiger partial charge in [-0.25, -0.2) is 4.79 Å². The zero-order chi connectivity index (χ0) is 15.8. The van der Waals surface area contributed by atoms with Gasteiger partial charge in [-0.2, -0.15) is 0 Å². The van der Waals surface area contributed by atoms with E-state index in [-0.39, 0.29) is 11.8 Å². The lowest BCUT2D eigenvalue weighted by molar-refractivity contribution is -0.117. The fourth-order valence-corrected chi connectivity index (χ4v) is 2.21. The molecule has 0 spiro atoms. The number of hydrogen-bond donors (Lipinski definition) is 2. The third kappa shape index (κ3) is 5.95. The molecular weight excluding hydrogens is 268 g/mol. The van der Waals surface area contributed by atoms with Crippen molar-refractivity contribution in [2.75, 3.05) is 19.0 Å². The van der Waals surface area contributed by atoms with E-state index >= 15 is 0 Å². The van der Waals surface area contributed by atoms with E-state index in [1.54, 1.807) is 24.3 Å². The fraction of sp³-hybridized carbons (Fsp3) is 0.500. The molecule has 0 heterocycles. The highest BCUT2D eigenvalue weighted by molar-refractivity contribution is 5.93. The number of methoxy groups -OCH3 is 1. The van der Waals surface area contributed by atoms with Gasteiger partial charge in [-0.1, -0.05) is 13.8 Å². The lowest BCUT2D eigenvalue weighted by atomic mass is 9.94. The average Bonchev–Trinajstić information content (AvgIpc) is 2.45. The highest BCUT2D eigenvalue weighted by Gasteiger charge is 2.14. The largest absolute Gasteiger partial charge is 0.465 e. The number of esters is 1. The van der Waals surface area contributed by atoms with Crippen LogP contribution in [-0.2, 0) is 9.53 Å². The van der Waals surface area contributed by atoms with Gasteiger partial charge in [-0.05, 0) is 49.1 Å². The first-order valence-corrected chi connectivity index (χ1v) is 7.14. The van der Waals surface area contributed by atoms with E-state index in [9.17, 15) is 9.59 Å². The van der Waals surface area contributed by atoms with Crippen molar-refractivity contribution >= 4 is 17.6 Å². The molecule has 1 atom stereocenters. The zero-order valence-electron chi connectivity index (χ0n) is 12.9. The van der Waals surface area contributed by atoms with Crippen molar-refractivity contribution in [3.8, 4) is 0 Å². The van der Waals surface area contributed by atoms with Crippen LogP contribution in [0.1, 0.15) is 37.0 Å². The summed E-state index contributed by atoms with van der Waals surface area (Å²) in [6, 6.07) is 6.61. The maximum atomic E-state index is 12.0. The Hall–Kier alpha value is -1.88. The summed E-state index contributed by atoms with van der Waals surface area (Å²) in [5.74, 6) is 0.259. The first-order chi connectivity index (χ1) is 9.96. The third-order valence-electron chi connectivity index (χ3n) is 3.20. The first-order valence-electron chi connectivity index (χ1n) is 7.14. The van der Waals surface area contributed by atoms with Crippen molar-refractivity contribution in [2.45, 2.75) is 26.7 Å². The summed E-state index contributed by atoms with van der Waals surface area (Å²) in [7, 11) is 1.33. The van der Waals surface area contributed by atoms with Crippen LogP contribution in [0.5, 0.6) is 0 Å². The Balaban J connectivity index is 2.56. The molecule has 5 heteroatoms. The smallest absolute Gasteiger partial charge is 0.337 e. The van der Waals surface area contributed by atoms with Crippen molar-refractivity contribution in [3.63, 3.8) is 0 Å². The predicted molar refractivity (Wildman–Crippen MR) is 83.0 cm³/mol. The van der Waals surface area contributed by atoms with Gasteiger partial charge in [-0.15, -0.1) is 0 Å². The van der Waals surface area contributed by atoms with Gasteiger partial charge in [0.1, 0.15) is 0 Å². The minimum Gasteiger partial charge on any atom is -0.465 e. The van der Waals surface area contributed by atoms with Crippen LogP contribution in [0, 0.1) is 11.8 Å². The summed E-state index contributed by atoms with van der Waals surface area (Å²) in [6.07, 6.45) is 1.35. The second kappa shape index (κ2) is 8.42. The lowest BCUT2D eigenvalue weighted by Gasteiger charge is -2.16. The highest BCUT2D eigenvalue weighted by Crippen LogP contribution is 2.16. The van der Waals surface area contributed by atoms with Crippen LogP contribution < -0.4 is 11.1 Å². The van der Waals surface area contributed by atoms with Crippen LogP contribution in [0.25, 0.3) is 0 Å². The number of nitrogens with two attached hydrogens (primary N) is 1. The number of carbonyl (C=O) groups excluding carboxylic acids is 2. The van der Waals surface area contributed by atoms with Crippen LogP contribution in [0.2, 0.25) is 0 Å². The number of ether oxygens (including phenoxy) is 1. The van der Waals surface area contributed by atoms with E-state index in [0.717, 1.165) is 6.42 Å². The maximum Gasteiger partial charge on any atom is 0.337 e. The zero-order valence-corrected chi connectivity index (χ0v) is 12.9. The van der Waals surface area contributed by atoms with Crippen LogP contribution in [-0.4, -0.2) is 25.5 Å². The number of rotatable bonds is 7. The molecule has 3 N–H and O–H groups in total. The Labute approximate surface area is 125 Å². The van der Waals surface area contributed by atoms with Gasteiger partial charge < -0.3 is 15.8 Å². The highest BCUT2D eigenvalue weighted by atomic mass is 16.5. The SMILES string of the molecule is COC(=O)c1ccc(NC(=O)C[C@@H](CN)CC(C)C)cc1. The summed E-state index contributed by atoms with van der Waals surface area (Å²) in [4.78, 5) is 23.3. The van der Waals surface area contributed by atoms with Crippen LogP contribution in [0.3, 0.4) is 0 Å². The first kappa shape index (κ1) is 17.2. The molecule has 0 saturated heterocycles. The molecule has 1 amide bonds. The molecule has 0 aliphatic carbocycles. The van der Waals surface area contributed by atoms with Gasteiger partial charge in [-0.3, -0.25) is 4.79 Å². The number of nitrogens with one attached hydrogen (secondary N) is 1.